The molecule has 1 aliphatic rings. The highest BCUT2D eigenvalue weighted by atomic mass is 32.1. The van der Waals surface area contributed by atoms with Crippen LogP contribution in [-0.2, 0) is 22.4 Å². The normalized spacial score (nSPS) is 13.9. The minimum absolute atomic E-state index is 0.00650. The predicted molar refractivity (Wildman–Crippen MR) is 92.8 cm³/mol. The van der Waals surface area contributed by atoms with Gasteiger partial charge in [-0.25, -0.2) is 9.18 Å². The molecule has 0 radical (unpaired) electrons. The number of halogens is 1. The van der Waals surface area contributed by atoms with E-state index in [1.807, 2.05) is 0 Å². The second-order valence-electron chi connectivity index (χ2n) is 5.73. The van der Waals surface area contributed by atoms with Crippen LogP contribution in [-0.4, -0.2) is 25.1 Å². The Labute approximate surface area is 148 Å². The van der Waals surface area contributed by atoms with Crippen molar-refractivity contribution in [2.75, 3.05) is 12.4 Å². The SMILES string of the molecule is COC(=O)c1c(NC(=O)[C@H](C)Oc2ccccc2F)sc2c1CCC2. The number of anilines is 1. The van der Waals surface area contributed by atoms with Crippen molar-refractivity contribution in [1.82, 2.24) is 0 Å². The van der Waals surface area contributed by atoms with Gasteiger partial charge in [0.2, 0.25) is 0 Å². The number of amides is 1. The number of methoxy groups -OCH3 is 1. The van der Waals surface area contributed by atoms with E-state index in [4.69, 9.17) is 9.47 Å². The van der Waals surface area contributed by atoms with Gasteiger partial charge in [-0.05, 0) is 43.9 Å². The number of aryl methyl sites for hydroxylation is 1. The van der Waals surface area contributed by atoms with E-state index in [1.165, 1.54) is 37.5 Å². The molecule has 1 amide bonds. The summed E-state index contributed by atoms with van der Waals surface area (Å²) in [5.41, 5.74) is 1.38. The van der Waals surface area contributed by atoms with Gasteiger partial charge in [-0.2, -0.15) is 0 Å². The minimum atomic E-state index is -0.917. The summed E-state index contributed by atoms with van der Waals surface area (Å²) in [4.78, 5) is 25.6. The lowest BCUT2D eigenvalue weighted by atomic mass is 10.1. The third kappa shape index (κ3) is 3.51. The molecule has 2 aromatic rings. The second kappa shape index (κ2) is 7.23. The number of nitrogens with one attached hydrogen (secondary N) is 1. The highest BCUT2D eigenvalue weighted by molar-refractivity contribution is 7.17. The van der Waals surface area contributed by atoms with Crippen LogP contribution in [0.25, 0.3) is 0 Å². The number of fused-ring (bicyclic) bond motifs is 1. The van der Waals surface area contributed by atoms with Gasteiger partial charge in [0.05, 0.1) is 12.7 Å². The molecule has 0 unspecified atom stereocenters. The minimum Gasteiger partial charge on any atom is -0.478 e. The number of para-hydroxylation sites is 1. The summed E-state index contributed by atoms with van der Waals surface area (Å²) >= 11 is 1.39. The molecule has 0 saturated heterocycles. The Morgan fingerprint density at radius 2 is 2.04 bits per heavy atom. The van der Waals surface area contributed by atoms with Crippen LogP contribution in [0.3, 0.4) is 0 Å². The molecule has 5 nitrogen and oxygen atoms in total. The van der Waals surface area contributed by atoms with E-state index >= 15 is 0 Å². The first-order chi connectivity index (χ1) is 12.0. The Morgan fingerprint density at radius 3 is 2.76 bits per heavy atom. The largest absolute Gasteiger partial charge is 0.478 e. The van der Waals surface area contributed by atoms with Gasteiger partial charge in [0, 0.05) is 4.88 Å². The van der Waals surface area contributed by atoms with E-state index < -0.39 is 23.8 Å². The molecule has 0 aliphatic heterocycles. The van der Waals surface area contributed by atoms with Gasteiger partial charge < -0.3 is 14.8 Å². The van der Waals surface area contributed by atoms with Crippen molar-refractivity contribution in [2.45, 2.75) is 32.3 Å². The summed E-state index contributed by atoms with van der Waals surface area (Å²) in [6.45, 7) is 1.53. The van der Waals surface area contributed by atoms with Crippen molar-refractivity contribution in [3.05, 3.63) is 46.1 Å². The van der Waals surface area contributed by atoms with Crippen molar-refractivity contribution >= 4 is 28.2 Å². The van der Waals surface area contributed by atoms with E-state index in [0.29, 0.717) is 10.6 Å². The molecule has 1 aromatic heterocycles. The van der Waals surface area contributed by atoms with Crippen LogP contribution in [0.5, 0.6) is 5.75 Å². The average molecular weight is 363 g/mol. The standard InChI is InChI=1S/C18H18FNO4S/c1-10(24-13-8-4-3-7-12(13)19)16(21)20-17-15(18(22)23-2)11-6-5-9-14(11)25-17/h3-4,7-8,10H,5-6,9H2,1-2H3,(H,20,21)/t10-/m0/s1. The van der Waals surface area contributed by atoms with E-state index in [9.17, 15) is 14.0 Å². The van der Waals surface area contributed by atoms with Gasteiger partial charge in [0.15, 0.2) is 17.7 Å². The van der Waals surface area contributed by atoms with Crippen LogP contribution in [0.15, 0.2) is 24.3 Å². The van der Waals surface area contributed by atoms with E-state index in [0.717, 1.165) is 29.7 Å². The fraction of sp³-hybridized carbons (Fsp3) is 0.333. The molecule has 3 rings (SSSR count). The summed E-state index contributed by atoms with van der Waals surface area (Å²) in [6, 6.07) is 5.89. The van der Waals surface area contributed by atoms with Gasteiger partial charge in [-0.1, -0.05) is 12.1 Å². The summed E-state index contributed by atoms with van der Waals surface area (Å²) < 4.78 is 23.9. The molecule has 0 spiro atoms. The Kier molecular flexibility index (Phi) is 5.03. The first kappa shape index (κ1) is 17.4. The summed E-state index contributed by atoms with van der Waals surface area (Å²) in [6.07, 6.45) is 1.76. The van der Waals surface area contributed by atoms with Gasteiger partial charge in [0.1, 0.15) is 5.00 Å². The molecule has 1 aliphatic carbocycles. The maximum Gasteiger partial charge on any atom is 0.341 e. The van der Waals surface area contributed by atoms with E-state index in [1.54, 1.807) is 12.1 Å². The summed E-state index contributed by atoms with van der Waals surface area (Å²) in [5, 5.41) is 3.19. The lowest BCUT2D eigenvalue weighted by molar-refractivity contribution is -0.122. The number of thiophene rings is 1. The smallest absolute Gasteiger partial charge is 0.341 e. The third-order valence-corrected chi connectivity index (χ3v) is 5.26. The first-order valence-electron chi connectivity index (χ1n) is 7.96. The molecule has 0 saturated carbocycles. The highest BCUT2D eigenvalue weighted by Crippen LogP contribution is 2.39. The highest BCUT2D eigenvalue weighted by Gasteiger charge is 2.29. The molecule has 1 aromatic carbocycles. The Bertz CT molecular complexity index is 817. The van der Waals surface area contributed by atoms with Crippen molar-refractivity contribution in [3.8, 4) is 5.75 Å². The van der Waals surface area contributed by atoms with Gasteiger partial charge in [0.25, 0.3) is 5.91 Å². The van der Waals surface area contributed by atoms with Crippen molar-refractivity contribution in [3.63, 3.8) is 0 Å². The molecule has 0 fully saturated rings. The first-order valence-corrected chi connectivity index (χ1v) is 8.77. The molecular weight excluding hydrogens is 345 g/mol. The van der Waals surface area contributed by atoms with Crippen molar-refractivity contribution in [2.24, 2.45) is 0 Å². The molecule has 1 N–H and O–H groups in total. The van der Waals surface area contributed by atoms with Gasteiger partial charge in [-0.3, -0.25) is 4.79 Å². The molecule has 1 heterocycles. The molecule has 0 bridgehead atoms. The molecule has 7 heteroatoms. The van der Waals surface area contributed by atoms with Crippen LogP contribution in [0.2, 0.25) is 0 Å². The fourth-order valence-electron chi connectivity index (χ4n) is 2.81. The second-order valence-corrected chi connectivity index (χ2v) is 6.84. The Hall–Kier alpha value is -2.41. The molecule has 132 valence electrons. The number of ether oxygens (including phenoxy) is 2. The van der Waals surface area contributed by atoms with Crippen LogP contribution < -0.4 is 10.1 Å². The fourth-order valence-corrected chi connectivity index (χ4v) is 4.09. The third-order valence-electron chi connectivity index (χ3n) is 4.06. The number of esters is 1. The lowest BCUT2D eigenvalue weighted by Gasteiger charge is -2.15. The number of hydrogen-bond acceptors (Lipinski definition) is 5. The van der Waals surface area contributed by atoms with Gasteiger partial charge in [-0.15, -0.1) is 11.3 Å². The van der Waals surface area contributed by atoms with E-state index in [-0.39, 0.29) is 5.75 Å². The van der Waals surface area contributed by atoms with Crippen LogP contribution in [0.4, 0.5) is 9.39 Å². The maximum absolute atomic E-state index is 13.6. The average Bonchev–Trinajstić information content (AvgIpc) is 3.16. The van der Waals surface area contributed by atoms with Crippen molar-refractivity contribution < 1.29 is 23.5 Å². The number of hydrogen-bond donors (Lipinski definition) is 1. The lowest BCUT2D eigenvalue weighted by Crippen LogP contribution is -2.30. The molecule has 1 atom stereocenters. The monoisotopic (exact) mass is 363 g/mol. The number of carbonyl (C=O) groups excluding carboxylic acids is 2. The molecular formula is C18H18FNO4S. The zero-order valence-electron chi connectivity index (χ0n) is 13.9. The van der Waals surface area contributed by atoms with Crippen molar-refractivity contribution in [1.29, 1.82) is 0 Å². The summed E-state index contributed by atoms with van der Waals surface area (Å²) in [7, 11) is 1.32. The topological polar surface area (TPSA) is 64.6 Å². The number of benzene rings is 1. The number of carbonyl (C=O) groups is 2. The maximum atomic E-state index is 13.6. The van der Waals surface area contributed by atoms with E-state index in [2.05, 4.69) is 5.32 Å². The predicted octanol–water partition coefficient (Wildman–Crippen LogP) is 3.57. The molecule has 25 heavy (non-hydrogen) atoms. The number of rotatable bonds is 5. The van der Waals surface area contributed by atoms with Crippen LogP contribution >= 0.6 is 11.3 Å². The zero-order chi connectivity index (χ0) is 18.0. The summed E-state index contributed by atoms with van der Waals surface area (Å²) in [5.74, 6) is -1.44. The quantitative estimate of drug-likeness (QED) is 0.825. The zero-order valence-corrected chi connectivity index (χ0v) is 14.7. The van der Waals surface area contributed by atoms with Crippen LogP contribution in [0, 0.1) is 5.82 Å². The Balaban J connectivity index is 1.77. The van der Waals surface area contributed by atoms with Crippen LogP contribution in [0.1, 0.15) is 34.1 Å². The Morgan fingerprint density at radius 1 is 1.28 bits per heavy atom. The van der Waals surface area contributed by atoms with Gasteiger partial charge >= 0.3 is 5.97 Å².